The molecule has 3 heterocycles. The molecule has 22 heavy (non-hydrogen) atoms. The van der Waals surface area contributed by atoms with Crippen molar-refractivity contribution in [2.75, 3.05) is 39.4 Å². The Morgan fingerprint density at radius 1 is 1.18 bits per heavy atom. The van der Waals surface area contributed by atoms with Gasteiger partial charge in [0.25, 0.3) is 0 Å². The van der Waals surface area contributed by atoms with Gasteiger partial charge in [-0.3, -0.25) is 9.69 Å². The van der Waals surface area contributed by atoms with Crippen molar-refractivity contribution in [1.82, 2.24) is 24.6 Å². The summed E-state index contributed by atoms with van der Waals surface area (Å²) in [5.74, 6) is 2.66. The molecule has 0 bridgehead atoms. The summed E-state index contributed by atoms with van der Waals surface area (Å²) in [4.78, 5) is 15.7. The molecule has 2 fully saturated rings. The molecule has 3 rings (SSSR count). The molecular weight excluding hydrogens is 282 g/mol. The van der Waals surface area contributed by atoms with Crippen LogP contribution in [0.1, 0.15) is 37.3 Å². The summed E-state index contributed by atoms with van der Waals surface area (Å²) in [5.41, 5.74) is 0. The predicted octanol–water partition coefficient (Wildman–Crippen LogP) is 0.373. The fourth-order valence-electron chi connectivity index (χ4n) is 3.28. The summed E-state index contributed by atoms with van der Waals surface area (Å²) in [6, 6.07) is 0. The second kappa shape index (κ2) is 6.75. The number of carbonyl (C=O) groups excluding carboxylic acids is 1. The zero-order valence-electron chi connectivity index (χ0n) is 13.5. The Hall–Kier alpha value is -1.47. The van der Waals surface area contributed by atoms with Crippen LogP contribution in [0.2, 0.25) is 0 Å². The van der Waals surface area contributed by atoms with Crippen molar-refractivity contribution < 1.29 is 9.53 Å². The Balaban J connectivity index is 1.62. The molecule has 1 aromatic rings. The lowest BCUT2D eigenvalue weighted by atomic mass is 9.96. The first-order valence-electron chi connectivity index (χ1n) is 8.09. The molecule has 0 spiro atoms. The maximum absolute atomic E-state index is 11.4. The summed E-state index contributed by atoms with van der Waals surface area (Å²) in [7, 11) is 2.06. The van der Waals surface area contributed by atoms with Crippen molar-refractivity contribution in [1.29, 1.82) is 0 Å². The minimum absolute atomic E-state index is 0.171. The van der Waals surface area contributed by atoms with Crippen LogP contribution in [-0.4, -0.2) is 69.9 Å². The van der Waals surface area contributed by atoms with E-state index in [1.54, 1.807) is 6.92 Å². The Morgan fingerprint density at radius 3 is 2.50 bits per heavy atom. The highest BCUT2D eigenvalue weighted by atomic mass is 16.5. The van der Waals surface area contributed by atoms with Crippen LogP contribution >= 0.6 is 0 Å². The second-order valence-corrected chi connectivity index (χ2v) is 6.20. The van der Waals surface area contributed by atoms with Crippen LogP contribution in [0.15, 0.2) is 0 Å². The molecule has 1 aromatic heterocycles. The van der Waals surface area contributed by atoms with Crippen LogP contribution in [0, 0.1) is 0 Å². The van der Waals surface area contributed by atoms with Crippen molar-refractivity contribution in [3.8, 4) is 0 Å². The van der Waals surface area contributed by atoms with E-state index in [2.05, 4.69) is 26.7 Å². The molecule has 122 valence electrons. The quantitative estimate of drug-likeness (QED) is 0.807. The van der Waals surface area contributed by atoms with Gasteiger partial charge in [0.2, 0.25) is 5.91 Å². The molecule has 2 aliphatic rings. The minimum atomic E-state index is 0.171. The zero-order valence-corrected chi connectivity index (χ0v) is 13.5. The molecule has 7 nitrogen and oxygen atoms in total. The number of nitrogens with zero attached hydrogens (tertiary/aromatic N) is 5. The van der Waals surface area contributed by atoms with Crippen LogP contribution in [0.25, 0.3) is 0 Å². The summed E-state index contributed by atoms with van der Waals surface area (Å²) < 4.78 is 7.52. The van der Waals surface area contributed by atoms with Crippen LogP contribution < -0.4 is 0 Å². The highest BCUT2D eigenvalue weighted by molar-refractivity contribution is 5.73. The normalized spacial score (nSPS) is 21.3. The van der Waals surface area contributed by atoms with E-state index in [1.807, 2.05) is 4.90 Å². The molecule has 2 aliphatic heterocycles. The van der Waals surface area contributed by atoms with E-state index in [0.29, 0.717) is 5.92 Å². The topological polar surface area (TPSA) is 63.5 Å². The van der Waals surface area contributed by atoms with E-state index in [9.17, 15) is 4.79 Å². The number of hydrogen-bond acceptors (Lipinski definition) is 5. The summed E-state index contributed by atoms with van der Waals surface area (Å²) in [6.07, 6.45) is 1.95. The van der Waals surface area contributed by atoms with Crippen LogP contribution in [-0.2, 0) is 23.1 Å². The lowest BCUT2D eigenvalue weighted by Crippen LogP contribution is -2.37. The summed E-state index contributed by atoms with van der Waals surface area (Å²) in [6.45, 7) is 7.64. The van der Waals surface area contributed by atoms with Gasteiger partial charge in [-0.15, -0.1) is 10.2 Å². The van der Waals surface area contributed by atoms with Crippen molar-refractivity contribution >= 4 is 5.91 Å². The maximum Gasteiger partial charge on any atom is 0.219 e. The van der Waals surface area contributed by atoms with Gasteiger partial charge in [-0.1, -0.05) is 0 Å². The smallest absolute Gasteiger partial charge is 0.219 e. The number of morpholine rings is 1. The number of hydrogen-bond donors (Lipinski definition) is 0. The Morgan fingerprint density at radius 2 is 1.86 bits per heavy atom. The van der Waals surface area contributed by atoms with E-state index in [4.69, 9.17) is 4.74 Å². The number of likely N-dealkylation sites (tertiary alicyclic amines) is 1. The molecule has 7 heteroatoms. The summed E-state index contributed by atoms with van der Waals surface area (Å²) >= 11 is 0. The molecule has 0 radical (unpaired) electrons. The minimum Gasteiger partial charge on any atom is -0.379 e. The Kier molecular flexibility index (Phi) is 4.73. The third-order valence-electron chi connectivity index (χ3n) is 4.77. The molecular formula is C15H25N5O2. The molecule has 0 aromatic carbocycles. The van der Waals surface area contributed by atoms with Gasteiger partial charge >= 0.3 is 0 Å². The Labute approximate surface area is 131 Å². The molecule has 1 amide bonds. The first-order valence-corrected chi connectivity index (χ1v) is 8.09. The predicted molar refractivity (Wildman–Crippen MR) is 81.3 cm³/mol. The first-order chi connectivity index (χ1) is 10.6. The average Bonchev–Trinajstić information content (AvgIpc) is 2.89. The molecule has 0 saturated carbocycles. The molecule has 2 saturated heterocycles. The SMILES string of the molecule is CC(=O)N1CCC(c2nnc(CN3CCOCC3)n2C)CC1. The van der Waals surface area contributed by atoms with Crippen LogP contribution in [0.5, 0.6) is 0 Å². The molecule has 0 N–H and O–H groups in total. The van der Waals surface area contributed by atoms with Gasteiger partial charge in [0.05, 0.1) is 19.8 Å². The number of amides is 1. The van der Waals surface area contributed by atoms with Crippen molar-refractivity contribution in [3.05, 3.63) is 11.6 Å². The van der Waals surface area contributed by atoms with E-state index in [-0.39, 0.29) is 5.91 Å². The highest BCUT2D eigenvalue weighted by Crippen LogP contribution is 2.27. The number of carbonyl (C=O) groups is 1. The van der Waals surface area contributed by atoms with Gasteiger partial charge < -0.3 is 14.2 Å². The van der Waals surface area contributed by atoms with E-state index in [0.717, 1.165) is 70.4 Å². The second-order valence-electron chi connectivity index (χ2n) is 6.20. The third-order valence-corrected chi connectivity index (χ3v) is 4.77. The maximum atomic E-state index is 11.4. The standard InChI is InChI=1S/C15H25N5O2/c1-12(21)20-5-3-13(4-6-20)15-17-16-14(18(15)2)11-19-7-9-22-10-8-19/h13H,3-11H2,1-2H3. The number of piperidine rings is 1. The lowest BCUT2D eigenvalue weighted by molar-refractivity contribution is -0.129. The largest absolute Gasteiger partial charge is 0.379 e. The number of ether oxygens (including phenoxy) is 1. The first kappa shape index (κ1) is 15.4. The fraction of sp³-hybridized carbons (Fsp3) is 0.800. The van der Waals surface area contributed by atoms with Gasteiger partial charge in [0, 0.05) is 46.1 Å². The molecule has 0 atom stereocenters. The van der Waals surface area contributed by atoms with E-state index < -0.39 is 0 Å². The van der Waals surface area contributed by atoms with Crippen molar-refractivity contribution in [2.24, 2.45) is 7.05 Å². The van der Waals surface area contributed by atoms with Crippen LogP contribution in [0.4, 0.5) is 0 Å². The van der Waals surface area contributed by atoms with Crippen molar-refractivity contribution in [3.63, 3.8) is 0 Å². The highest BCUT2D eigenvalue weighted by Gasteiger charge is 2.26. The number of aromatic nitrogens is 3. The van der Waals surface area contributed by atoms with Gasteiger partial charge in [0.15, 0.2) is 0 Å². The van der Waals surface area contributed by atoms with Gasteiger partial charge in [-0.2, -0.15) is 0 Å². The van der Waals surface area contributed by atoms with Crippen molar-refractivity contribution in [2.45, 2.75) is 32.2 Å². The monoisotopic (exact) mass is 307 g/mol. The third kappa shape index (κ3) is 3.30. The fourth-order valence-corrected chi connectivity index (χ4v) is 3.28. The lowest BCUT2D eigenvalue weighted by Gasteiger charge is -2.30. The number of rotatable bonds is 3. The van der Waals surface area contributed by atoms with E-state index in [1.165, 1.54) is 0 Å². The van der Waals surface area contributed by atoms with Crippen LogP contribution in [0.3, 0.4) is 0 Å². The Bertz CT molecular complexity index is 516. The van der Waals surface area contributed by atoms with Gasteiger partial charge in [0.1, 0.15) is 11.6 Å². The average molecular weight is 307 g/mol. The summed E-state index contributed by atoms with van der Waals surface area (Å²) in [5, 5.41) is 8.82. The molecule has 0 aliphatic carbocycles. The van der Waals surface area contributed by atoms with E-state index >= 15 is 0 Å². The van der Waals surface area contributed by atoms with Gasteiger partial charge in [-0.05, 0) is 12.8 Å². The van der Waals surface area contributed by atoms with Gasteiger partial charge in [-0.25, -0.2) is 0 Å². The molecule has 0 unspecified atom stereocenters. The zero-order chi connectivity index (χ0) is 15.5.